The van der Waals surface area contributed by atoms with Crippen LogP contribution in [-0.4, -0.2) is 37.8 Å². The molecular weight excluding hydrogens is 373 g/mol. The third-order valence-corrected chi connectivity index (χ3v) is 3.35. The molecule has 0 spiro atoms. The monoisotopic (exact) mass is 388 g/mol. The van der Waals surface area contributed by atoms with E-state index in [-0.39, 0.29) is 9.09 Å². The number of carbonyl (C=O) groups is 1. The van der Waals surface area contributed by atoms with Crippen molar-refractivity contribution < 1.29 is 9.53 Å². The molecule has 1 aromatic carbocycles. The van der Waals surface area contributed by atoms with E-state index in [9.17, 15) is 4.79 Å². The molecule has 0 aliphatic heterocycles. The fourth-order valence-electron chi connectivity index (χ4n) is 1.15. The van der Waals surface area contributed by atoms with Gasteiger partial charge in [0, 0.05) is 0 Å². The van der Waals surface area contributed by atoms with E-state index in [1.54, 1.807) is 0 Å². The van der Waals surface area contributed by atoms with Crippen molar-refractivity contribution >= 4 is 30.7 Å². The van der Waals surface area contributed by atoms with Crippen LogP contribution in [0, 0.1) is 0 Å². The molecule has 76 valence electrons. The molecule has 0 aromatic heterocycles. The summed E-state index contributed by atoms with van der Waals surface area (Å²) in [6.45, 7) is 4.43. The van der Waals surface area contributed by atoms with Gasteiger partial charge >= 0.3 is 99.7 Å². The summed E-state index contributed by atoms with van der Waals surface area (Å²) in [6.07, 6.45) is 0. The second kappa shape index (κ2) is 4.40. The molecule has 14 heavy (non-hydrogen) atoms. The van der Waals surface area contributed by atoms with Gasteiger partial charge in [0.1, 0.15) is 0 Å². The van der Waals surface area contributed by atoms with Crippen LogP contribution in [-0.2, 0) is 7.86 Å². The first kappa shape index (κ1) is 11.6. The summed E-state index contributed by atoms with van der Waals surface area (Å²) in [5.41, 5.74) is 1.90. The van der Waals surface area contributed by atoms with Crippen LogP contribution in [0.15, 0.2) is 24.3 Å². The van der Waals surface area contributed by atoms with Crippen LogP contribution in [0.5, 0.6) is 0 Å². The van der Waals surface area contributed by atoms with Gasteiger partial charge in [-0.15, -0.1) is 0 Å². The minimum absolute atomic E-state index is 0.273. The maximum atomic E-state index is 11.2. The van der Waals surface area contributed by atoms with Crippen molar-refractivity contribution in [2.45, 2.75) is 17.0 Å². The molecular formula is C11H15BiO2. The van der Waals surface area contributed by atoms with Crippen LogP contribution in [0.2, 0.25) is 0 Å². The number of benzene rings is 1. The fourth-order valence-corrected chi connectivity index (χ4v) is 1.90. The van der Waals surface area contributed by atoms with E-state index < -0.39 is 0 Å². The molecule has 3 heteroatoms. The van der Waals surface area contributed by atoms with Gasteiger partial charge in [0.2, 0.25) is 0 Å². The molecule has 0 fully saturated rings. The molecule has 0 heterocycles. The number of carbonyl (C=O) groups excluding carboxylic acids is 1. The predicted octanol–water partition coefficient (Wildman–Crippen LogP) is 1.34. The maximum absolute atomic E-state index is 11.2. The summed E-state index contributed by atoms with van der Waals surface area (Å²) in [6, 6.07) is 7.66. The average Bonchev–Trinajstić information content (AvgIpc) is 2.15. The Morgan fingerprint density at radius 2 is 1.79 bits per heavy atom. The fraction of sp³-hybridized carbons (Fsp3) is 0.364. The summed E-state index contributed by atoms with van der Waals surface area (Å²) in [5, 5.41) is 0. The Bertz CT molecular complexity index is 322. The van der Waals surface area contributed by atoms with Crippen molar-refractivity contribution in [1.82, 2.24) is 0 Å². The molecule has 0 amide bonds. The Hall–Kier alpha value is -0.427. The minimum atomic E-state index is -0.273. The SMILES string of the molecule is COC(=O)c1ccc([C](C)(C)[BiH2])cc1. The number of methoxy groups -OCH3 is 1. The van der Waals surface area contributed by atoms with E-state index in [4.69, 9.17) is 0 Å². The van der Waals surface area contributed by atoms with E-state index in [1.165, 1.54) is 12.7 Å². The molecule has 0 N–H and O–H groups in total. The summed E-state index contributed by atoms with van der Waals surface area (Å²) in [4.78, 5) is 11.2. The molecule has 0 atom stereocenters. The Morgan fingerprint density at radius 1 is 1.29 bits per heavy atom. The van der Waals surface area contributed by atoms with E-state index in [0.29, 0.717) is 5.56 Å². The van der Waals surface area contributed by atoms with Crippen LogP contribution in [0.1, 0.15) is 29.8 Å². The van der Waals surface area contributed by atoms with Crippen molar-refractivity contribution in [3.8, 4) is 0 Å². The van der Waals surface area contributed by atoms with Gasteiger partial charge in [-0.1, -0.05) is 0 Å². The molecule has 0 saturated carbocycles. The van der Waals surface area contributed by atoms with E-state index in [1.807, 2.05) is 24.3 Å². The standard InChI is InChI=1S/C11H13O2.Bi.2H/c1-8(2)9-4-6-10(7-5-9)11(12)13-3;;;/h4-7H,1-3H3;;;. The van der Waals surface area contributed by atoms with Crippen molar-refractivity contribution in [3.63, 3.8) is 0 Å². The Balaban J connectivity index is 2.95. The number of ether oxygens (including phenoxy) is 1. The van der Waals surface area contributed by atoms with E-state index in [2.05, 4.69) is 18.6 Å². The van der Waals surface area contributed by atoms with Gasteiger partial charge in [-0.25, -0.2) is 0 Å². The van der Waals surface area contributed by atoms with Crippen molar-refractivity contribution in [3.05, 3.63) is 35.4 Å². The molecule has 0 radical (unpaired) electrons. The quantitative estimate of drug-likeness (QED) is 0.565. The zero-order valence-corrected chi connectivity index (χ0v) is 13.2. The number of hydrogen-bond acceptors (Lipinski definition) is 2. The second-order valence-electron chi connectivity index (χ2n) is 3.79. The van der Waals surface area contributed by atoms with Gasteiger partial charge in [-0.2, -0.15) is 0 Å². The van der Waals surface area contributed by atoms with Gasteiger partial charge in [0.15, 0.2) is 0 Å². The number of rotatable bonds is 2. The zero-order valence-electron chi connectivity index (χ0n) is 8.70. The Kier molecular flexibility index (Phi) is 3.66. The van der Waals surface area contributed by atoms with Crippen molar-refractivity contribution in [2.75, 3.05) is 7.11 Å². The number of hydrogen-bond donors (Lipinski definition) is 0. The van der Waals surface area contributed by atoms with Crippen LogP contribution in [0.25, 0.3) is 0 Å². The van der Waals surface area contributed by atoms with Crippen molar-refractivity contribution in [1.29, 1.82) is 0 Å². The van der Waals surface area contributed by atoms with Gasteiger partial charge < -0.3 is 0 Å². The van der Waals surface area contributed by atoms with E-state index in [0.717, 1.165) is 24.7 Å². The molecule has 0 unspecified atom stereocenters. The third-order valence-electron chi connectivity index (χ3n) is 2.05. The molecule has 0 bridgehead atoms. The predicted molar refractivity (Wildman–Crippen MR) is 59.4 cm³/mol. The summed E-state index contributed by atoms with van der Waals surface area (Å²) in [5.74, 6) is -0.273. The summed E-state index contributed by atoms with van der Waals surface area (Å²) in [7, 11) is 1.40. The Morgan fingerprint density at radius 3 is 2.14 bits per heavy atom. The molecule has 0 saturated heterocycles. The normalized spacial score (nSPS) is 11.1. The first-order valence-electron chi connectivity index (χ1n) is 4.43. The molecule has 0 aliphatic rings. The van der Waals surface area contributed by atoms with Crippen molar-refractivity contribution in [2.24, 2.45) is 0 Å². The zero-order chi connectivity index (χ0) is 10.8. The topological polar surface area (TPSA) is 26.3 Å². The average molecular weight is 388 g/mol. The number of esters is 1. The Labute approximate surface area is 99.5 Å². The van der Waals surface area contributed by atoms with Gasteiger partial charge in [-0.3, -0.25) is 0 Å². The second-order valence-corrected chi connectivity index (χ2v) is 9.40. The van der Waals surface area contributed by atoms with E-state index >= 15 is 0 Å². The summed E-state index contributed by atoms with van der Waals surface area (Å²) >= 11 is 0.886. The van der Waals surface area contributed by atoms with Gasteiger partial charge in [0.25, 0.3) is 0 Å². The molecule has 1 rings (SSSR count). The first-order chi connectivity index (χ1) is 6.45. The van der Waals surface area contributed by atoms with Gasteiger partial charge in [-0.05, 0) is 0 Å². The van der Waals surface area contributed by atoms with Crippen LogP contribution >= 0.6 is 0 Å². The molecule has 2 nitrogen and oxygen atoms in total. The molecule has 0 aliphatic carbocycles. The van der Waals surface area contributed by atoms with Gasteiger partial charge in [0.05, 0.1) is 0 Å². The summed E-state index contributed by atoms with van der Waals surface area (Å²) < 4.78 is 4.92. The van der Waals surface area contributed by atoms with Crippen LogP contribution in [0.4, 0.5) is 0 Å². The van der Waals surface area contributed by atoms with Crippen LogP contribution in [0.3, 0.4) is 0 Å². The third kappa shape index (κ3) is 2.78. The molecule has 1 aromatic rings. The van der Waals surface area contributed by atoms with Crippen LogP contribution < -0.4 is 0 Å². The first-order valence-corrected chi connectivity index (χ1v) is 6.67.